The van der Waals surface area contributed by atoms with E-state index in [1.165, 1.54) is 24.1 Å². The largest absolute Gasteiger partial charge is 0.481 e. The normalized spacial score (nSPS) is 10.2. The van der Waals surface area contributed by atoms with Gasteiger partial charge in [0, 0.05) is 20.0 Å². The van der Waals surface area contributed by atoms with Gasteiger partial charge in [-0.05, 0) is 17.7 Å². The van der Waals surface area contributed by atoms with Gasteiger partial charge >= 0.3 is 5.97 Å². The van der Waals surface area contributed by atoms with E-state index in [1.807, 2.05) is 0 Å². The number of benzene rings is 1. The molecule has 0 radical (unpaired) electrons. The van der Waals surface area contributed by atoms with Gasteiger partial charge in [-0.2, -0.15) is 0 Å². The molecule has 0 aliphatic heterocycles. The molecule has 1 aromatic rings. The number of hydrogen-bond acceptors (Lipinski definition) is 2. The Bertz CT molecular complexity index is 465. The lowest BCUT2D eigenvalue weighted by Crippen LogP contribution is -2.26. The molecule has 0 bridgehead atoms. The zero-order chi connectivity index (χ0) is 13.7. The topological polar surface area (TPSA) is 57.6 Å². The van der Waals surface area contributed by atoms with E-state index in [2.05, 4.69) is 0 Å². The van der Waals surface area contributed by atoms with Gasteiger partial charge in [-0.25, -0.2) is 4.39 Å². The summed E-state index contributed by atoms with van der Waals surface area (Å²) in [5.74, 6) is -1.86. The highest BCUT2D eigenvalue weighted by molar-refractivity contribution is 6.30. The van der Waals surface area contributed by atoms with Crippen LogP contribution in [0.4, 0.5) is 4.39 Å². The molecule has 0 aromatic heterocycles. The summed E-state index contributed by atoms with van der Waals surface area (Å²) < 4.78 is 13.2. The molecule has 0 heterocycles. The second-order valence-corrected chi connectivity index (χ2v) is 4.30. The number of aliphatic carboxylic acids is 1. The maximum atomic E-state index is 13.2. The fourth-order valence-electron chi connectivity index (χ4n) is 1.40. The van der Waals surface area contributed by atoms with Crippen molar-refractivity contribution in [2.75, 3.05) is 7.05 Å². The van der Waals surface area contributed by atoms with E-state index < -0.39 is 11.8 Å². The Hall–Kier alpha value is -1.62. The van der Waals surface area contributed by atoms with Gasteiger partial charge in [0.15, 0.2) is 0 Å². The maximum Gasteiger partial charge on any atom is 0.303 e. The van der Waals surface area contributed by atoms with Gasteiger partial charge in [0.1, 0.15) is 5.82 Å². The third-order valence-corrected chi connectivity index (χ3v) is 2.69. The number of carbonyl (C=O) groups excluding carboxylic acids is 1. The maximum absolute atomic E-state index is 13.2. The second-order valence-electron chi connectivity index (χ2n) is 3.89. The molecule has 0 saturated heterocycles. The molecule has 0 atom stereocenters. The number of rotatable bonds is 5. The Morgan fingerprint density at radius 1 is 1.39 bits per heavy atom. The molecular formula is C12H13ClFNO3. The fourth-order valence-corrected chi connectivity index (χ4v) is 1.52. The summed E-state index contributed by atoms with van der Waals surface area (Å²) in [6.45, 7) is 0.215. The first kappa shape index (κ1) is 14.4. The van der Waals surface area contributed by atoms with Crippen molar-refractivity contribution in [2.24, 2.45) is 0 Å². The lowest BCUT2D eigenvalue weighted by molar-refractivity contribution is -0.140. The smallest absolute Gasteiger partial charge is 0.303 e. The van der Waals surface area contributed by atoms with Crippen LogP contribution in [-0.2, 0) is 16.1 Å². The number of hydrogen-bond donors (Lipinski definition) is 1. The van der Waals surface area contributed by atoms with Crippen molar-refractivity contribution in [2.45, 2.75) is 19.4 Å². The highest BCUT2D eigenvalue weighted by atomic mass is 35.5. The zero-order valence-corrected chi connectivity index (χ0v) is 10.6. The number of carbonyl (C=O) groups is 2. The van der Waals surface area contributed by atoms with Crippen molar-refractivity contribution < 1.29 is 19.1 Å². The predicted molar refractivity (Wildman–Crippen MR) is 64.8 cm³/mol. The highest BCUT2D eigenvalue weighted by Crippen LogP contribution is 2.16. The Morgan fingerprint density at radius 2 is 2.06 bits per heavy atom. The Labute approximate surface area is 109 Å². The van der Waals surface area contributed by atoms with Crippen molar-refractivity contribution in [3.05, 3.63) is 34.6 Å². The molecule has 4 nitrogen and oxygen atoms in total. The Balaban J connectivity index is 2.58. The van der Waals surface area contributed by atoms with Crippen LogP contribution in [-0.4, -0.2) is 28.9 Å². The van der Waals surface area contributed by atoms with E-state index in [9.17, 15) is 14.0 Å². The van der Waals surface area contributed by atoms with Crippen molar-refractivity contribution in [1.29, 1.82) is 0 Å². The summed E-state index contributed by atoms with van der Waals surface area (Å²) in [6.07, 6.45) is -0.278. The molecule has 0 aliphatic carbocycles. The monoisotopic (exact) mass is 273 g/mol. The average molecular weight is 274 g/mol. The standard InChI is InChI=1S/C12H13ClFNO3/c1-15(11(16)4-5-12(17)18)7-8-2-3-9(13)10(14)6-8/h2-3,6H,4-5,7H2,1H3,(H,17,18). The molecule has 0 saturated carbocycles. The van der Waals surface area contributed by atoms with Crippen molar-refractivity contribution in [3.8, 4) is 0 Å². The Kier molecular flexibility index (Phi) is 5.09. The van der Waals surface area contributed by atoms with Crippen LogP contribution in [0.15, 0.2) is 18.2 Å². The highest BCUT2D eigenvalue weighted by Gasteiger charge is 2.12. The minimum Gasteiger partial charge on any atom is -0.481 e. The third kappa shape index (κ3) is 4.33. The molecule has 6 heteroatoms. The number of amides is 1. The van der Waals surface area contributed by atoms with E-state index >= 15 is 0 Å². The Morgan fingerprint density at radius 3 is 2.61 bits per heavy atom. The third-order valence-electron chi connectivity index (χ3n) is 2.38. The van der Waals surface area contributed by atoms with Crippen LogP contribution in [0.25, 0.3) is 0 Å². The van der Waals surface area contributed by atoms with Crippen LogP contribution >= 0.6 is 11.6 Å². The number of halogens is 2. The molecule has 0 fully saturated rings. The van der Waals surface area contributed by atoms with Crippen molar-refractivity contribution in [3.63, 3.8) is 0 Å². The predicted octanol–water partition coefficient (Wildman–Crippen LogP) is 2.30. The molecule has 98 valence electrons. The quantitative estimate of drug-likeness (QED) is 0.895. The first-order chi connectivity index (χ1) is 8.40. The zero-order valence-electron chi connectivity index (χ0n) is 9.82. The first-order valence-corrected chi connectivity index (χ1v) is 5.67. The summed E-state index contributed by atoms with van der Waals surface area (Å²) in [4.78, 5) is 23.2. The lowest BCUT2D eigenvalue weighted by atomic mass is 10.2. The number of carboxylic acid groups (broad SMARTS) is 1. The van der Waals surface area contributed by atoms with Gasteiger partial charge in [0.05, 0.1) is 11.4 Å². The molecule has 1 amide bonds. The minimum absolute atomic E-state index is 0.0265. The summed E-state index contributed by atoms with van der Waals surface area (Å²) in [6, 6.07) is 4.29. The molecule has 1 N–H and O–H groups in total. The van der Waals surface area contributed by atoms with Crippen molar-refractivity contribution >= 4 is 23.5 Å². The summed E-state index contributed by atoms with van der Waals surface area (Å²) in [5.41, 5.74) is 0.600. The molecular weight excluding hydrogens is 261 g/mol. The molecule has 1 aromatic carbocycles. The summed E-state index contributed by atoms with van der Waals surface area (Å²) >= 11 is 5.54. The molecule has 1 rings (SSSR count). The average Bonchev–Trinajstić information content (AvgIpc) is 2.30. The number of carboxylic acids is 1. The molecule has 0 aliphatic rings. The summed E-state index contributed by atoms with van der Waals surface area (Å²) in [5, 5.41) is 8.49. The van der Waals surface area contributed by atoms with E-state index in [4.69, 9.17) is 16.7 Å². The fraction of sp³-hybridized carbons (Fsp3) is 0.333. The second kappa shape index (κ2) is 6.35. The van der Waals surface area contributed by atoms with E-state index in [0.717, 1.165) is 0 Å². The van der Waals surface area contributed by atoms with Gasteiger partial charge in [-0.15, -0.1) is 0 Å². The molecule has 18 heavy (non-hydrogen) atoms. The van der Waals surface area contributed by atoms with Gasteiger partial charge in [-0.3, -0.25) is 9.59 Å². The van der Waals surface area contributed by atoms with Crippen LogP contribution in [0, 0.1) is 5.82 Å². The molecule has 0 spiro atoms. The van der Waals surface area contributed by atoms with Crippen LogP contribution in [0.5, 0.6) is 0 Å². The lowest BCUT2D eigenvalue weighted by Gasteiger charge is -2.17. The van der Waals surface area contributed by atoms with Gasteiger partial charge in [0.2, 0.25) is 5.91 Å². The molecule has 0 unspecified atom stereocenters. The van der Waals surface area contributed by atoms with Crippen LogP contribution in [0.1, 0.15) is 18.4 Å². The van der Waals surface area contributed by atoms with Gasteiger partial charge in [-0.1, -0.05) is 17.7 Å². The minimum atomic E-state index is -1.02. The summed E-state index contributed by atoms with van der Waals surface area (Å²) in [7, 11) is 1.54. The van der Waals surface area contributed by atoms with Gasteiger partial charge < -0.3 is 10.0 Å². The number of nitrogens with zero attached hydrogens (tertiary/aromatic N) is 1. The SMILES string of the molecule is CN(Cc1ccc(Cl)c(F)c1)C(=O)CCC(=O)O. The van der Waals surface area contributed by atoms with E-state index in [0.29, 0.717) is 5.56 Å². The van der Waals surface area contributed by atoms with Crippen molar-refractivity contribution in [1.82, 2.24) is 4.90 Å². The van der Waals surface area contributed by atoms with Crippen LogP contribution in [0.2, 0.25) is 5.02 Å². The van der Waals surface area contributed by atoms with Crippen LogP contribution < -0.4 is 0 Å². The van der Waals surface area contributed by atoms with Crippen LogP contribution in [0.3, 0.4) is 0 Å². The van der Waals surface area contributed by atoms with Gasteiger partial charge in [0.25, 0.3) is 0 Å². The van der Waals surface area contributed by atoms with E-state index in [-0.39, 0.29) is 30.3 Å². The van der Waals surface area contributed by atoms with E-state index in [1.54, 1.807) is 6.07 Å². The first-order valence-electron chi connectivity index (χ1n) is 5.30.